The maximum Gasteiger partial charge on any atom is 0.238 e. The number of nitrogens with one attached hydrogen (secondary N) is 2. The molecule has 0 aliphatic heterocycles. The van der Waals surface area contributed by atoms with Crippen molar-refractivity contribution in [2.75, 3.05) is 26.8 Å². The maximum atomic E-state index is 12.0. The molecule has 0 aliphatic rings. The van der Waals surface area contributed by atoms with Crippen LogP contribution >= 0.6 is 0 Å². The van der Waals surface area contributed by atoms with Crippen LogP contribution in [0.1, 0.15) is 12.0 Å². The highest BCUT2D eigenvalue weighted by atomic mass is 16.5. The van der Waals surface area contributed by atoms with E-state index in [0.717, 1.165) is 11.3 Å². The molecule has 0 atom stereocenters. The Hall–Kier alpha value is -2.89. The summed E-state index contributed by atoms with van der Waals surface area (Å²) in [7, 11) is 4.69. The van der Waals surface area contributed by atoms with Crippen molar-refractivity contribution >= 4 is 11.6 Å². The Bertz CT molecular complexity index is 649. The fraction of sp³-hybridized carbons (Fsp3) is 0.278. The number of hydrogen-bond donors (Lipinski definition) is 2. The van der Waals surface area contributed by atoms with Gasteiger partial charge in [-0.15, -0.1) is 0 Å². The number of para-hydroxylation sites is 1. The molecule has 2 rings (SSSR count). The second-order valence-corrected chi connectivity index (χ2v) is 5.07. The van der Waals surface area contributed by atoms with Gasteiger partial charge in [-0.1, -0.05) is 18.2 Å². The lowest BCUT2D eigenvalue weighted by Gasteiger charge is -2.14. The number of aryl methyl sites for hydroxylation is 1. The van der Waals surface area contributed by atoms with Crippen LogP contribution in [0, 0.1) is 0 Å². The monoisotopic (exact) mass is 330 g/mol. The van der Waals surface area contributed by atoms with E-state index in [4.69, 9.17) is 14.2 Å². The van der Waals surface area contributed by atoms with E-state index in [2.05, 4.69) is 10.9 Å². The molecule has 2 aromatic carbocycles. The van der Waals surface area contributed by atoms with Gasteiger partial charge in [0.2, 0.25) is 11.7 Å². The van der Waals surface area contributed by atoms with Crippen LogP contribution in [0.2, 0.25) is 0 Å². The lowest BCUT2D eigenvalue weighted by atomic mass is 10.1. The van der Waals surface area contributed by atoms with Gasteiger partial charge in [0.1, 0.15) is 0 Å². The highest BCUT2D eigenvalue weighted by Gasteiger charge is 2.13. The Morgan fingerprint density at radius 1 is 0.958 bits per heavy atom. The van der Waals surface area contributed by atoms with Crippen LogP contribution in [0.3, 0.4) is 0 Å². The number of methoxy groups -OCH3 is 3. The second kappa shape index (κ2) is 8.67. The van der Waals surface area contributed by atoms with E-state index in [-0.39, 0.29) is 5.91 Å². The molecule has 0 heterocycles. The average molecular weight is 330 g/mol. The third kappa shape index (κ3) is 4.55. The minimum Gasteiger partial charge on any atom is -0.493 e. The van der Waals surface area contributed by atoms with Crippen molar-refractivity contribution < 1.29 is 19.0 Å². The number of hydrogen-bond acceptors (Lipinski definition) is 5. The van der Waals surface area contributed by atoms with Gasteiger partial charge in [0.15, 0.2) is 11.5 Å². The topological polar surface area (TPSA) is 68.8 Å². The van der Waals surface area contributed by atoms with Crippen molar-refractivity contribution in [2.24, 2.45) is 0 Å². The van der Waals surface area contributed by atoms with Gasteiger partial charge in [0.25, 0.3) is 0 Å². The van der Waals surface area contributed by atoms with Crippen molar-refractivity contribution in [1.29, 1.82) is 0 Å². The lowest BCUT2D eigenvalue weighted by Crippen LogP contribution is -2.29. The number of carbonyl (C=O) groups is 1. The largest absolute Gasteiger partial charge is 0.493 e. The van der Waals surface area contributed by atoms with E-state index in [9.17, 15) is 4.79 Å². The molecule has 6 nitrogen and oxygen atoms in total. The Labute approximate surface area is 141 Å². The van der Waals surface area contributed by atoms with Crippen LogP contribution in [-0.2, 0) is 11.2 Å². The Balaban J connectivity index is 1.94. The highest BCUT2D eigenvalue weighted by Crippen LogP contribution is 2.38. The van der Waals surface area contributed by atoms with Gasteiger partial charge >= 0.3 is 0 Å². The number of amides is 1. The molecule has 0 radical (unpaired) electrons. The van der Waals surface area contributed by atoms with E-state index in [0.29, 0.717) is 30.1 Å². The third-order valence-electron chi connectivity index (χ3n) is 3.49. The van der Waals surface area contributed by atoms with Gasteiger partial charge in [0, 0.05) is 6.42 Å². The van der Waals surface area contributed by atoms with Gasteiger partial charge < -0.3 is 14.2 Å². The van der Waals surface area contributed by atoms with Crippen molar-refractivity contribution in [1.82, 2.24) is 5.43 Å². The Kier molecular flexibility index (Phi) is 6.31. The van der Waals surface area contributed by atoms with Crippen LogP contribution in [0.25, 0.3) is 0 Å². The predicted molar refractivity (Wildman–Crippen MR) is 92.6 cm³/mol. The summed E-state index contributed by atoms with van der Waals surface area (Å²) in [5.74, 6) is 1.59. The number of carbonyl (C=O) groups excluding carboxylic acids is 1. The first kappa shape index (κ1) is 17.5. The smallest absolute Gasteiger partial charge is 0.238 e. The van der Waals surface area contributed by atoms with Crippen LogP contribution < -0.4 is 25.1 Å². The number of benzene rings is 2. The first-order valence-corrected chi connectivity index (χ1v) is 7.56. The van der Waals surface area contributed by atoms with Crippen molar-refractivity contribution in [3.05, 3.63) is 48.0 Å². The predicted octanol–water partition coefficient (Wildman–Crippen LogP) is 2.79. The van der Waals surface area contributed by atoms with Crippen molar-refractivity contribution in [3.8, 4) is 17.2 Å². The molecule has 128 valence electrons. The number of hydrazine groups is 1. The average Bonchev–Trinajstić information content (AvgIpc) is 2.64. The summed E-state index contributed by atoms with van der Waals surface area (Å²) >= 11 is 0. The molecular formula is C18H22N2O4. The maximum absolute atomic E-state index is 12.0. The summed E-state index contributed by atoms with van der Waals surface area (Å²) in [5.41, 5.74) is 7.31. The van der Waals surface area contributed by atoms with Crippen LogP contribution in [0.4, 0.5) is 5.69 Å². The standard InChI is InChI=1S/C18H22N2O4/c1-22-15-11-13(12-16(23-2)18(15)24-3)9-10-17(21)20-19-14-7-5-4-6-8-14/h4-8,11-12,19H,9-10H2,1-3H3,(H,20,21). The molecule has 0 aliphatic carbocycles. The van der Waals surface area contributed by atoms with Gasteiger partial charge in [-0.2, -0.15) is 0 Å². The van der Waals surface area contributed by atoms with Crippen molar-refractivity contribution in [2.45, 2.75) is 12.8 Å². The summed E-state index contributed by atoms with van der Waals surface area (Å²) in [4.78, 5) is 12.0. The summed E-state index contributed by atoms with van der Waals surface area (Å²) in [6.07, 6.45) is 0.886. The minimum absolute atomic E-state index is 0.104. The molecule has 0 aromatic heterocycles. The minimum atomic E-state index is -0.104. The van der Waals surface area contributed by atoms with E-state index in [1.807, 2.05) is 42.5 Å². The Morgan fingerprint density at radius 2 is 1.58 bits per heavy atom. The summed E-state index contributed by atoms with van der Waals surface area (Å²) in [6.45, 7) is 0. The molecule has 1 amide bonds. The molecule has 0 bridgehead atoms. The zero-order valence-corrected chi connectivity index (χ0v) is 14.1. The second-order valence-electron chi connectivity index (χ2n) is 5.07. The summed E-state index contributed by atoms with van der Waals surface area (Å²) in [6, 6.07) is 13.1. The highest BCUT2D eigenvalue weighted by molar-refractivity contribution is 5.77. The molecule has 6 heteroatoms. The third-order valence-corrected chi connectivity index (χ3v) is 3.49. The van der Waals surface area contributed by atoms with E-state index < -0.39 is 0 Å². The van der Waals surface area contributed by atoms with Crippen LogP contribution in [0.5, 0.6) is 17.2 Å². The van der Waals surface area contributed by atoms with Crippen LogP contribution in [-0.4, -0.2) is 27.2 Å². The fourth-order valence-electron chi connectivity index (χ4n) is 2.26. The lowest BCUT2D eigenvalue weighted by molar-refractivity contribution is -0.120. The number of rotatable bonds is 8. The molecule has 0 unspecified atom stereocenters. The van der Waals surface area contributed by atoms with E-state index >= 15 is 0 Å². The Morgan fingerprint density at radius 3 is 2.12 bits per heavy atom. The normalized spacial score (nSPS) is 9.96. The van der Waals surface area contributed by atoms with E-state index in [1.54, 1.807) is 21.3 Å². The zero-order chi connectivity index (χ0) is 17.4. The van der Waals surface area contributed by atoms with Gasteiger partial charge in [-0.05, 0) is 36.2 Å². The van der Waals surface area contributed by atoms with Gasteiger partial charge in [-0.3, -0.25) is 15.6 Å². The molecule has 24 heavy (non-hydrogen) atoms. The molecule has 2 aromatic rings. The molecule has 0 spiro atoms. The van der Waals surface area contributed by atoms with Crippen LogP contribution in [0.15, 0.2) is 42.5 Å². The first-order valence-electron chi connectivity index (χ1n) is 7.56. The summed E-state index contributed by atoms with van der Waals surface area (Å²) in [5, 5.41) is 0. The quantitative estimate of drug-likeness (QED) is 0.729. The SMILES string of the molecule is COc1cc(CCC(=O)NNc2ccccc2)cc(OC)c1OC. The van der Waals surface area contributed by atoms with E-state index in [1.165, 1.54) is 0 Å². The number of anilines is 1. The molecule has 0 saturated heterocycles. The molecule has 2 N–H and O–H groups in total. The van der Waals surface area contributed by atoms with Gasteiger partial charge in [-0.25, -0.2) is 0 Å². The zero-order valence-electron chi connectivity index (χ0n) is 14.1. The van der Waals surface area contributed by atoms with Gasteiger partial charge in [0.05, 0.1) is 27.0 Å². The molecular weight excluding hydrogens is 308 g/mol. The number of ether oxygens (including phenoxy) is 3. The molecule has 0 fully saturated rings. The summed E-state index contributed by atoms with van der Waals surface area (Å²) < 4.78 is 15.9. The molecule has 0 saturated carbocycles. The van der Waals surface area contributed by atoms with Crippen molar-refractivity contribution in [3.63, 3.8) is 0 Å². The first-order chi connectivity index (χ1) is 11.7. The fourth-order valence-corrected chi connectivity index (χ4v) is 2.26.